The first-order valence-electron chi connectivity index (χ1n) is 7.65. The fourth-order valence-electron chi connectivity index (χ4n) is 2.38. The van der Waals surface area contributed by atoms with Crippen molar-refractivity contribution in [1.29, 1.82) is 0 Å². The highest BCUT2D eigenvalue weighted by atomic mass is 35.5. The number of halogens is 1. The number of ether oxygens (including phenoxy) is 2. The Morgan fingerprint density at radius 1 is 1.04 bits per heavy atom. The van der Waals surface area contributed by atoms with Crippen LogP contribution in [0, 0.1) is 0 Å². The van der Waals surface area contributed by atoms with Crippen LogP contribution in [-0.2, 0) is 6.42 Å². The quantitative estimate of drug-likeness (QED) is 0.933. The van der Waals surface area contributed by atoms with Crippen LogP contribution < -0.4 is 14.8 Å². The zero-order valence-electron chi connectivity index (χ0n) is 12.7. The molecule has 0 saturated heterocycles. The van der Waals surface area contributed by atoms with E-state index in [1.54, 1.807) is 18.2 Å². The minimum absolute atomic E-state index is 0.116. The van der Waals surface area contributed by atoms with E-state index in [0.717, 1.165) is 18.4 Å². The van der Waals surface area contributed by atoms with Crippen molar-refractivity contribution in [2.75, 3.05) is 19.8 Å². The number of carbonyl (C=O) groups excluding carboxylic acids is 1. The molecule has 0 fully saturated rings. The fourth-order valence-corrected chi connectivity index (χ4v) is 2.50. The third-order valence-electron chi connectivity index (χ3n) is 3.62. The summed E-state index contributed by atoms with van der Waals surface area (Å²) in [7, 11) is 0. The Labute approximate surface area is 140 Å². The second kappa shape index (κ2) is 7.38. The van der Waals surface area contributed by atoms with Gasteiger partial charge < -0.3 is 14.8 Å². The summed E-state index contributed by atoms with van der Waals surface area (Å²) in [5.74, 6) is 1.21. The number of nitrogens with one attached hydrogen (secondary N) is 1. The first-order valence-corrected chi connectivity index (χ1v) is 8.02. The molecule has 0 aliphatic carbocycles. The van der Waals surface area contributed by atoms with Gasteiger partial charge in [-0.15, -0.1) is 0 Å². The molecular formula is C18H18ClNO3. The molecule has 0 spiro atoms. The summed E-state index contributed by atoms with van der Waals surface area (Å²) in [5.41, 5.74) is 1.71. The molecule has 0 aromatic heterocycles. The summed E-state index contributed by atoms with van der Waals surface area (Å²) in [6.07, 6.45) is 1.60. The number of amides is 1. The summed E-state index contributed by atoms with van der Waals surface area (Å²) in [4.78, 5) is 12.2. The van der Waals surface area contributed by atoms with E-state index in [1.807, 2.05) is 24.3 Å². The van der Waals surface area contributed by atoms with Gasteiger partial charge >= 0.3 is 0 Å². The highest BCUT2D eigenvalue weighted by Gasteiger charge is 2.13. The van der Waals surface area contributed by atoms with Crippen molar-refractivity contribution in [3.63, 3.8) is 0 Å². The number of hydrogen-bond acceptors (Lipinski definition) is 3. The SMILES string of the molecule is O=C(NCCc1ccc(Cl)cc1)c1ccc2c(c1)OCCCO2. The smallest absolute Gasteiger partial charge is 0.251 e. The van der Waals surface area contributed by atoms with Crippen LogP contribution >= 0.6 is 11.6 Å². The molecule has 2 aromatic rings. The predicted octanol–water partition coefficient (Wildman–Crippen LogP) is 3.47. The van der Waals surface area contributed by atoms with Crippen LogP contribution in [0.2, 0.25) is 5.02 Å². The van der Waals surface area contributed by atoms with Crippen molar-refractivity contribution in [3.8, 4) is 11.5 Å². The lowest BCUT2D eigenvalue weighted by Gasteiger charge is -2.10. The maximum atomic E-state index is 12.2. The van der Waals surface area contributed by atoms with E-state index in [0.29, 0.717) is 41.8 Å². The highest BCUT2D eigenvalue weighted by Crippen LogP contribution is 2.30. The molecule has 0 saturated carbocycles. The molecule has 3 rings (SSSR count). The van der Waals surface area contributed by atoms with E-state index < -0.39 is 0 Å². The Bertz CT molecular complexity index is 685. The topological polar surface area (TPSA) is 47.6 Å². The summed E-state index contributed by atoms with van der Waals surface area (Å²) in [6.45, 7) is 1.81. The molecule has 23 heavy (non-hydrogen) atoms. The average Bonchev–Trinajstić information content (AvgIpc) is 2.81. The minimum atomic E-state index is -0.116. The van der Waals surface area contributed by atoms with Crippen molar-refractivity contribution >= 4 is 17.5 Å². The van der Waals surface area contributed by atoms with E-state index >= 15 is 0 Å². The molecule has 4 nitrogen and oxygen atoms in total. The minimum Gasteiger partial charge on any atom is -0.490 e. The second-order valence-corrected chi connectivity index (χ2v) is 5.78. The van der Waals surface area contributed by atoms with Gasteiger partial charge in [0.25, 0.3) is 5.91 Å². The van der Waals surface area contributed by atoms with Crippen LogP contribution in [0.25, 0.3) is 0 Å². The Balaban J connectivity index is 1.57. The van der Waals surface area contributed by atoms with Crippen LogP contribution in [-0.4, -0.2) is 25.7 Å². The van der Waals surface area contributed by atoms with Gasteiger partial charge in [-0.05, 0) is 42.3 Å². The zero-order valence-corrected chi connectivity index (χ0v) is 13.4. The van der Waals surface area contributed by atoms with Gasteiger partial charge in [-0.2, -0.15) is 0 Å². The second-order valence-electron chi connectivity index (χ2n) is 5.34. The average molecular weight is 332 g/mol. The van der Waals surface area contributed by atoms with Crippen molar-refractivity contribution in [2.24, 2.45) is 0 Å². The molecule has 1 heterocycles. The van der Waals surface area contributed by atoms with Gasteiger partial charge in [0.2, 0.25) is 0 Å². The third-order valence-corrected chi connectivity index (χ3v) is 3.87. The van der Waals surface area contributed by atoms with E-state index in [1.165, 1.54) is 0 Å². The lowest BCUT2D eigenvalue weighted by molar-refractivity contribution is 0.0953. The van der Waals surface area contributed by atoms with Crippen molar-refractivity contribution in [2.45, 2.75) is 12.8 Å². The van der Waals surface area contributed by atoms with E-state index in [4.69, 9.17) is 21.1 Å². The van der Waals surface area contributed by atoms with Crippen molar-refractivity contribution in [1.82, 2.24) is 5.32 Å². The Hall–Kier alpha value is -2.20. The van der Waals surface area contributed by atoms with Crippen LogP contribution in [0.4, 0.5) is 0 Å². The zero-order chi connectivity index (χ0) is 16.1. The van der Waals surface area contributed by atoms with Gasteiger partial charge in [-0.3, -0.25) is 4.79 Å². The lowest BCUT2D eigenvalue weighted by Crippen LogP contribution is -2.25. The van der Waals surface area contributed by atoms with Crippen LogP contribution in [0.3, 0.4) is 0 Å². The van der Waals surface area contributed by atoms with Gasteiger partial charge in [0.1, 0.15) is 0 Å². The molecule has 120 valence electrons. The molecule has 0 bridgehead atoms. The number of carbonyl (C=O) groups is 1. The van der Waals surface area contributed by atoms with Gasteiger partial charge in [-0.1, -0.05) is 23.7 Å². The van der Waals surface area contributed by atoms with Gasteiger partial charge in [0.15, 0.2) is 11.5 Å². The molecule has 2 aromatic carbocycles. The number of rotatable bonds is 4. The molecular weight excluding hydrogens is 314 g/mol. The largest absolute Gasteiger partial charge is 0.490 e. The molecule has 0 atom stereocenters. The van der Waals surface area contributed by atoms with E-state index in [-0.39, 0.29) is 5.91 Å². The fraction of sp³-hybridized carbons (Fsp3) is 0.278. The first kappa shape index (κ1) is 15.7. The number of fused-ring (bicyclic) bond motifs is 1. The maximum absolute atomic E-state index is 12.2. The van der Waals surface area contributed by atoms with Gasteiger partial charge in [-0.25, -0.2) is 0 Å². The Kier molecular flexibility index (Phi) is 5.03. The number of hydrogen-bond donors (Lipinski definition) is 1. The van der Waals surface area contributed by atoms with Crippen LogP contribution in [0.5, 0.6) is 11.5 Å². The molecule has 1 aliphatic heterocycles. The molecule has 1 amide bonds. The van der Waals surface area contributed by atoms with Crippen LogP contribution in [0.15, 0.2) is 42.5 Å². The summed E-state index contributed by atoms with van der Waals surface area (Å²) in [6, 6.07) is 12.9. The van der Waals surface area contributed by atoms with Gasteiger partial charge in [0, 0.05) is 23.6 Å². The monoisotopic (exact) mass is 331 g/mol. The number of benzene rings is 2. The van der Waals surface area contributed by atoms with Crippen LogP contribution in [0.1, 0.15) is 22.3 Å². The molecule has 0 unspecified atom stereocenters. The molecule has 1 N–H and O–H groups in total. The van der Waals surface area contributed by atoms with E-state index in [9.17, 15) is 4.79 Å². The normalized spacial score (nSPS) is 13.3. The molecule has 1 aliphatic rings. The lowest BCUT2D eigenvalue weighted by atomic mass is 10.1. The summed E-state index contributed by atoms with van der Waals surface area (Å²) in [5, 5.41) is 3.63. The summed E-state index contributed by atoms with van der Waals surface area (Å²) >= 11 is 5.85. The molecule has 0 radical (unpaired) electrons. The van der Waals surface area contributed by atoms with E-state index in [2.05, 4.69) is 5.32 Å². The standard InChI is InChI=1S/C18H18ClNO3/c19-15-5-2-13(3-6-15)8-9-20-18(21)14-4-7-16-17(12-14)23-11-1-10-22-16/h2-7,12H,1,8-11H2,(H,20,21). The van der Waals surface area contributed by atoms with Gasteiger partial charge in [0.05, 0.1) is 13.2 Å². The van der Waals surface area contributed by atoms with Crippen molar-refractivity contribution in [3.05, 3.63) is 58.6 Å². The van der Waals surface area contributed by atoms with Crippen molar-refractivity contribution < 1.29 is 14.3 Å². The highest BCUT2D eigenvalue weighted by molar-refractivity contribution is 6.30. The Morgan fingerprint density at radius 3 is 2.57 bits per heavy atom. The summed E-state index contributed by atoms with van der Waals surface area (Å²) < 4.78 is 11.2. The third kappa shape index (κ3) is 4.17. The molecule has 5 heteroatoms. The maximum Gasteiger partial charge on any atom is 0.251 e. The predicted molar refractivity (Wildman–Crippen MR) is 89.5 cm³/mol. The Morgan fingerprint density at radius 2 is 1.78 bits per heavy atom. The first-order chi connectivity index (χ1) is 11.2.